The fourth-order valence-corrected chi connectivity index (χ4v) is 2.32. The molecule has 1 aliphatic heterocycles. The lowest BCUT2D eigenvalue weighted by Gasteiger charge is -2.23. The smallest absolute Gasteiger partial charge is 0.167 e. The highest BCUT2D eigenvalue weighted by molar-refractivity contribution is 5.81. The lowest BCUT2D eigenvalue weighted by atomic mass is 10.2. The molecule has 4 nitrogen and oxygen atoms in total. The number of aromatic nitrogens is 3. The van der Waals surface area contributed by atoms with Crippen molar-refractivity contribution in [2.75, 3.05) is 6.61 Å². The molecule has 0 N–H and O–H groups in total. The van der Waals surface area contributed by atoms with Gasteiger partial charge in [0.05, 0.1) is 11.9 Å². The maximum Gasteiger partial charge on any atom is 0.167 e. The molecule has 3 heterocycles. The SMILES string of the molecule is Cc1nn(C2CCCCO2)c2c(F)cncc12. The highest BCUT2D eigenvalue weighted by Gasteiger charge is 2.21. The van der Waals surface area contributed by atoms with Crippen LogP contribution in [0.5, 0.6) is 0 Å². The van der Waals surface area contributed by atoms with Gasteiger partial charge in [-0.05, 0) is 26.2 Å². The molecule has 3 rings (SSSR count). The summed E-state index contributed by atoms with van der Waals surface area (Å²) in [5.41, 5.74) is 1.30. The van der Waals surface area contributed by atoms with Crippen molar-refractivity contribution < 1.29 is 9.13 Å². The number of hydrogen-bond donors (Lipinski definition) is 0. The number of aryl methyl sites for hydroxylation is 1. The lowest BCUT2D eigenvalue weighted by molar-refractivity contribution is -0.0371. The summed E-state index contributed by atoms with van der Waals surface area (Å²) in [5, 5.41) is 5.15. The van der Waals surface area contributed by atoms with Crippen LogP contribution in [0, 0.1) is 12.7 Å². The first kappa shape index (κ1) is 10.7. The van der Waals surface area contributed by atoms with Crippen molar-refractivity contribution in [1.82, 2.24) is 14.8 Å². The Morgan fingerprint density at radius 2 is 2.29 bits per heavy atom. The first-order chi connectivity index (χ1) is 8.27. The van der Waals surface area contributed by atoms with Crippen LogP contribution in [0.3, 0.4) is 0 Å². The molecule has 1 atom stereocenters. The van der Waals surface area contributed by atoms with Gasteiger partial charge in [-0.1, -0.05) is 0 Å². The summed E-state index contributed by atoms with van der Waals surface area (Å²) in [5.74, 6) is -0.336. The number of pyridine rings is 1. The van der Waals surface area contributed by atoms with Gasteiger partial charge >= 0.3 is 0 Å². The second kappa shape index (κ2) is 4.07. The normalized spacial score (nSPS) is 20.9. The first-order valence-electron chi connectivity index (χ1n) is 5.87. The third-order valence-corrected chi connectivity index (χ3v) is 3.18. The van der Waals surface area contributed by atoms with E-state index in [0.29, 0.717) is 5.52 Å². The zero-order valence-corrected chi connectivity index (χ0v) is 9.69. The molecule has 2 aromatic heterocycles. The number of fused-ring (bicyclic) bond motifs is 1. The molecule has 0 aliphatic carbocycles. The van der Waals surface area contributed by atoms with Crippen molar-refractivity contribution in [2.24, 2.45) is 0 Å². The highest BCUT2D eigenvalue weighted by Crippen LogP contribution is 2.28. The zero-order valence-electron chi connectivity index (χ0n) is 9.69. The van der Waals surface area contributed by atoms with E-state index in [1.807, 2.05) is 6.92 Å². The van der Waals surface area contributed by atoms with Gasteiger partial charge in [-0.25, -0.2) is 9.07 Å². The Morgan fingerprint density at radius 1 is 1.41 bits per heavy atom. The van der Waals surface area contributed by atoms with Gasteiger partial charge in [-0.3, -0.25) is 4.98 Å². The average molecular weight is 235 g/mol. The molecule has 1 unspecified atom stereocenters. The van der Waals surface area contributed by atoms with Crippen LogP contribution in [0.2, 0.25) is 0 Å². The van der Waals surface area contributed by atoms with E-state index in [1.54, 1.807) is 10.9 Å². The molecule has 0 spiro atoms. The highest BCUT2D eigenvalue weighted by atomic mass is 19.1. The molecule has 1 saturated heterocycles. The van der Waals surface area contributed by atoms with Crippen molar-refractivity contribution >= 4 is 10.9 Å². The van der Waals surface area contributed by atoms with E-state index in [4.69, 9.17) is 4.74 Å². The molecule has 0 amide bonds. The minimum absolute atomic E-state index is 0.142. The number of rotatable bonds is 1. The van der Waals surface area contributed by atoms with Gasteiger partial charge in [-0.15, -0.1) is 0 Å². The fraction of sp³-hybridized carbons (Fsp3) is 0.500. The van der Waals surface area contributed by atoms with Crippen LogP contribution in [0.4, 0.5) is 4.39 Å². The van der Waals surface area contributed by atoms with E-state index in [9.17, 15) is 4.39 Å². The maximum absolute atomic E-state index is 13.8. The lowest BCUT2D eigenvalue weighted by Crippen LogP contribution is -2.19. The van der Waals surface area contributed by atoms with E-state index in [0.717, 1.165) is 36.9 Å². The second-order valence-electron chi connectivity index (χ2n) is 4.37. The largest absolute Gasteiger partial charge is 0.356 e. The quantitative estimate of drug-likeness (QED) is 0.762. The van der Waals surface area contributed by atoms with E-state index in [1.165, 1.54) is 6.20 Å². The van der Waals surface area contributed by atoms with Crippen molar-refractivity contribution in [3.05, 3.63) is 23.9 Å². The fourth-order valence-electron chi connectivity index (χ4n) is 2.32. The minimum Gasteiger partial charge on any atom is -0.356 e. The predicted molar refractivity (Wildman–Crippen MR) is 61.1 cm³/mol. The summed E-state index contributed by atoms with van der Waals surface area (Å²) < 4.78 is 21.2. The van der Waals surface area contributed by atoms with Gasteiger partial charge < -0.3 is 4.74 Å². The van der Waals surface area contributed by atoms with Crippen LogP contribution < -0.4 is 0 Å². The standard InChI is InChI=1S/C12H14FN3O/c1-8-9-6-14-7-10(13)12(9)16(15-8)11-4-2-3-5-17-11/h6-7,11H,2-5H2,1H3. The molecule has 0 bridgehead atoms. The van der Waals surface area contributed by atoms with E-state index in [2.05, 4.69) is 10.1 Å². The van der Waals surface area contributed by atoms with Crippen LogP contribution in [0.25, 0.3) is 10.9 Å². The van der Waals surface area contributed by atoms with Gasteiger partial charge in [-0.2, -0.15) is 5.10 Å². The van der Waals surface area contributed by atoms with Crippen LogP contribution in [0.15, 0.2) is 12.4 Å². The number of halogens is 1. The second-order valence-corrected chi connectivity index (χ2v) is 4.37. The van der Waals surface area contributed by atoms with E-state index < -0.39 is 0 Å². The zero-order chi connectivity index (χ0) is 11.8. The third-order valence-electron chi connectivity index (χ3n) is 3.18. The monoisotopic (exact) mass is 235 g/mol. The Bertz CT molecular complexity index is 546. The van der Waals surface area contributed by atoms with Gasteiger partial charge in [0.15, 0.2) is 12.0 Å². The van der Waals surface area contributed by atoms with Gasteiger partial charge in [0.1, 0.15) is 5.52 Å². The molecular formula is C12H14FN3O. The molecule has 1 aliphatic rings. The van der Waals surface area contributed by atoms with Crippen molar-refractivity contribution in [2.45, 2.75) is 32.4 Å². The topological polar surface area (TPSA) is 39.9 Å². The summed E-state index contributed by atoms with van der Waals surface area (Å²) in [6.07, 6.45) is 5.79. The number of hydrogen-bond acceptors (Lipinski definition) is 3. The molecule has 0 aromatic carbocycles. The molecule has 5 heteroatoms. The Hall–Kier alpha value is -1.49. The summed E-state index contributed by atoms with van der Waals surface area (Å²) in [7, 11) is 0. The summed E-state index contributed by atoms with van der Waals surface area (Å²) >= 11 is 0. The van der Waals surface area contributed by atoms with Gasteiger partial charge in [0.2, 0.25) is 0 Å². The molecule has 17 heavy (non-hydrogen) atoms. The maximum atomic E-state index is 13.8. The number of ether oxygens (including phenoxy) is 1. The predicted octanol–water partition coefficient (Wildman–Crippen LogP) is 2.58. The van der Waals surface area contributed by atoms with Crippen molar-refractivity contribution in [3.8, 4) is 0 Å². The Balaban J connectivity index is 2.15. The molecule has 0 saturated carbocycles. The Labute approximate surface area is 98.4 Å². The van der Waals surface area contributed by atoms with Crippen LogP contribution in [0.1, 0.15) is 31.2 Å². The van der Waals surface area contributed by atoms with Gasteiger partial charge in [0.25, 0.3) is 0 Å². The minimum atomic E-state index is -0.336. The molecule has 2 aromatic rings. The van der Waals surface area contributed by atoms with E-state index >= 15 is 0 Å². The average Bonchev–Trinajstić information content (AvgIpc) is 2.70. The summed E-state index contributed by atoms with van der Waals surface area (Å²) in [4.78, 5) is 3.86. The molecule has 1 fully saturated rings. The van der Waals surface area contributed by atoms with E-state index in [-0.39, 0.29) is 12.0 Å². The summed E-state index contributed by atoms with van der Waals surface area (Å²) in [6.45, 7) is 2.58. The van der Waals surface area contributed by atoms with Crippen LogP contribution >= 0.6 is 0 Å². The Morgan fingerprint density at radius 3 is 3.06 bits per heavy atom. The van der Waals surface area contributed by atoms with Crippen LogP contribution in [-0.4, -0.2) is 21.4 Å². The molecule has 90 valence electrons. The van der Waals surface area contributed by atoms with Crippen molar-refractivity contribution in [1.29, 1.82) is 0 Å². The first-order valence-corrected chi connectivity index (χ1v) is 5.87. The van der Waals surface area contributed by atoms with Gasteiger partial charge in [0, 0.05) is 18.2 Å². The van der Waals surface area contributed by atoms with Crippen molar-refractivity contribution in [3.63, 3.8) is 0 Å². The number of nitrogens with zero attached hydrogens (tertiary/aromatic N) is 3. The Kier molecular flexibility index (Phi) is 2.55. The summed E-state index contributed by atoms with van der Waals surface area (Å²) in [6, 6.07) is 0. The third kappa shape index (κ3) is 1.70. The van der Waals surface area contributed by atoms with Crippen LogP contribution in [-0.2, 0) is 4.74 Å². The molecule has 0 radical (unpaired) electrons. The molecular weight excluding hydrogens is 221 g/mol.